The molecule has 1 saturated heterocycles. The van der Waals surface area contributed by atoms with Crippen LogP contribution in [0.5, 0.6) is 5.75 Å². The molecule has 15 heteroatoms. The van der Waals surface area contributed by atoms with Crippen molar-refractivity contribution in [2.75, 3.05) is 44.5 Å². The first kappa shape index (κ1) is 30.4. The van der Waals surface area contributed by atoms with Crippen LogP contribution in [-0.2, 0) is 19.6 Å². The Balaban J connectivity index is 1.55. The molecular weight excluding hydrogens is 572 g/mol. The number of benzene rings is 2. The molecule has 0 bridgehead atoms. The number of nitrogens with one attached hydrogen (secondary N) is 1. The second-order valence-electron chi connectivity index (χ2n) is 9.41. The van der Waals surface area contributed by atoms with Crippen LogP contribution in [0.15, 0.2) is 46.5 Å². The Morgan fingerprint density at radius 2 is 1.98 bits per heavy atom. The molecule has 1 aliphatic heterocycles. The van der Waals surface area contributed by atoms with E-state index in [0.717, 1.165) is 6.42 Å². The molecule has 1 aromatic heterocycles. The van der Waals surface area contributed by atoms with Crippen LogP contribution in [0, 0.1) is 17.0 Å². The molecule has 1 amide bonds. The third-order valence-corrected chi connectivity index (χ3v) is 9.56. The minimum absolute atomic E-state index is 0.00123. The molecule has 2 heterocycles. The minimum Gasteiger partial charge on any atom is -0.490 e. The summed E-state index contributed by atoms with van der Waals surface area (Å²) in [4.78, 5) is 23.7. The van der Waals surface area contributed by atoms with Gasteiger partial charge in [0.2, 0.25) is 15.9 Å². The Bertz CT molecular complexity index is 1540. The van der Waals surface area contributed by atoms with Crippen LogP contribution in [0.3, 0.4) is 0 Å². The zero-order valence-electron chi connectivity index (χ0n) is 23.2. The normalized spacial score (nSPS) is 14.9. The molecule has 2 aromatic carbocycles. The number of amides is 1. The Morgan fingerprint density at radius 1 is 1.24 bits per heavy atom. The number of anilines is 1. The summed E-state index contributed by atoms with van der Waals surface area (Å²) >= 11 is 1.19. The van der Waals surface area contributed by atoms with Gasteiger partial charge in [-0.1, -0.05) is 30.8 Å². The highest BCUT2D eigenvalue weighted by Crippen LogP contribution is 2.34. The Labute approximate surface area is 242 Å². The number of carbonyl (C=O) groups excluding carboxylic acids is 1. The summed E-state index contributed by atoms with van der Waals surface area (Å²) in [6, 6.07) is 9.36. The first-order chi connectivity index (χ1) is 19.6. The van der Waals surface area contributed by atoms with Crippen molar-refractivity contribution in [2.45, 2.75) is 43.3 Å². The van der Waals surface area contributed by atoms with E-state index in [1.165, 1.54) is 35.3 Å². The van der Waals surface area contributed by atoms with Crippen molar-refractivity contribution in [1.29, 1.82) is 0 Å². The molecule has 3 aromatic rings. The van der Waals surface area contributed by atoms with E-state index in [4.69, 9.17) is 9.47 Å². The van der Waals surface area contributed by atoms with Crippen LogP contribution in [-0.4, -0.2) is 77.5 Å². The lowest BCUT2D eigenvalue weighted by molar-refractivity contribution is -0.385. The van der Waals surface area contributed by atoms with Crippen LogP contribution in [0.4, 0.5) is 11.4 Å². The average molecular weight is 605 g/mol. The van der Waals surface area contributed by atoms with Crippen molar-refractivity contribution in [3.63, 3.8) is 0 Å². The maximum Gasteiger partial charge on any atom is 0.311 e. The highest BCUT2D eigenvalue weighted by atomic mass is 32.2. The summed E-state index contributed by atoms with van der Waals surface area (Å²) < 4.78 is 40.2. The van der Waals surface area contributed by atoms with Gasteiger partial charge in [0.25, 0.3) is 0 Å². The van der Waals surface area contributed by atoms with E-state index in [-0.39, 0.29) is 34.0 Å². The van der Waals surface area contributed by atoms with Crippen LogP contribution >= 0.6 is 11.8 Å². The van der Waals surface area contributed by atoms with Gasteiger partial charge in [-0.3, -0.25) is 19.5 Å². The van der Waals surface area contributed by atoms with Gasteiger partial charge in [-0.15, -0.1) is 10.2 Å². The number of rotatable bonds is 11. The molecule has 4 rings (SSSR count). The number of hydrogen-bond acceptors (Lipinski definition) is 10. The second-order valence-corrected chi connectivity index (χ2v) is 12.3. The number of nitro groups is 1. The van der Waals surface area contributed by atoms with Crippen LogP contribution in [0.2, 0.25) is 0 Å². The van der Waals surface area contributed by atoms with Crippen molar-refractivity contribution in [3.8, 4) is 17.1 Å². The first-order valence-electron chi connectivity index (χ1n) is 13.0. The zero-order valence-corrected chi connectivity index (χ0v) is 24.8. The van der Waals surface area contributed by atoms with E-state index in [0.29, 0.717) is 54.1 Å². The molecule has 0 radical (unpaired) electrons. The third kappa shape index (κ3) is 6.69. The lowest BCUT2D eigenvalue weighted by Gasteiger charge is -2.26. The Hall–Kier alpha value is -3.53. The summed E-state index contributed by atoms with van der Waals surface area (Å²) in [7, 11) is -2.37. The van der Waals surface area contributed by atoms with E-state index in [1.807, 2.05) is 18.4 Å². The maximum absolute atomic E-state index is 13.2. The number of hydrogen-bond donors (Lipinski definition) is 1. The second kappa shape index (κ2) is 13.0. The van der Waals surface area contributed by atoms with Crippen molar-refractivity contribution in [3.05, 3.63) is 52.1 Å². The minimum atomic E-state index is -3.70. The van der Waals surface area contributed by atoms with Gasteiger partial charge in [-0.05, 0) is 38.0 Å². The summed E-state index contributed by atoms with van der Waals surface area (Å²) in [5.41, 5.74) is 1.33. The number of ether oxygens (including phenoxy) is 2. The quantitative estimate of drug-likeness (QED) is 0.193. The first-order valence-corrected chi connectivity index (χ1v) is 15.4. The lowest BCUT2D eigenvalue weighted by Crippen LogP contribution is -2.40. The van der Waals surface area contributed by atoms with Gasteiger partial charge in [0, 0.05) is 42.5 Å². The molecule has 1 fully saturated rings. The highest BCUT2D eigenvalue weighted by molar-refractivity contribution is 7.99. The number of aryl methyl sites for hydroxylation is 1. The van der Waals surface area contributed by atoms with Crippen molar-refractivity contribution < 1.29 is 27.6 Å². The molecule has 0 spiro atoms. The number of morpholine rings is 1. The lowest BCUT2D eigenvalue weighted by atomic mass is 10.1. The molecule has 0 saturated carbocycles. The molecule has 0 aliphatic carbocycles. The van der Waals surface area contributed by atoms with Gasteiger partial charge >= 0.3 is 5.69 Å². The molecule has 0 unspecified atom stereocenters. The van der Waals surface area contributed by atoms with Crippen molar-refractivity contribution in [2.24, 2.45) is 0 Å². The molecule has 41 heavy (non-hydrogen) atoms. The van der Waals surface area contributed by atoms with E-state index in [1.54, 1.807) is 31.2 Å². The number of sulfonamides is 1. The number of nitro benzene ring substituents is 1. The molecular formula is C26H32N6O7S2. The summed E-state index contributed by atoms with van der Waals surface area (Å²) in [5.74, 6) is 0.200. The van der Waals surface area contributed by atoms with Gasteiger partial charge in [0.15, 0.2) is 16.7 Å². The van der Waals surface area contributed by atoms with Crippen LogP contribution in [0.1, 0.15) is 31.9 Å². The topological polar surface area (TPSA) is 159 Å². The van der Waals surface area contributed by atoms with Gasteiger partial charge < -0.3 is 14.8 Å². The summed E-state index contributed by atoms with van der Waals surface area (Å²) in [6.07, 6.45) is 0.748. The fraction of sp³-hybridized carbons (Fsp3) is 0.423. The van der Waals surface area contributed by atoms with Crippen molar-refractivity contribution >= 4 is 39.1 Å². The molecule has 1 N–H and O–H groups in total. The van der Waals surface area contributed by atoms with E-state index in [2.05, 4.69) is 15.5 Å². The summed E-state index contributed by atoms with van der Waals surface area (Å²) in [6.45, 7) is 6.97. The molecule has 13 nitrogen and oxygen atoms in total. The standard InChI is InChI=1S/C26H32N6O7S2/c1-5-18(3)31-25(19-7-6-8-20(14-19)41(36,37)30-9-11-39-12-10-30)28-29-26(31)40-16-24(33)27-21-15-23(38-4)22(32(34)35)13-17(21)2/h6-8,13-15,18H,5,9-12,16H2,1-4H3,(H,27,33)/t18-/m1/s1. The number of thioether (sulfide) groups is 1. The monoisotopic (exact) mass is 604 g/mol. The van der Waals surface area contributed by atoms with E-state index >= 15 is 0 Å². The summed E-state index contributed by atoms with van der Waals surface area (Å²) in [5, 5.41) is 23.2. The smallest absolute Gasteiger partial charge is 0.311 e. The molecule has 220 valence electrons. The van der Waals surface area contributed by atoms with Crippen molar-refractivity contribution in [1.82, 2.24) is 19.1 Å². The molecule has 1 aliphatic rings. The third-order valence-electron chi connectivity index (χ3n) is 6.73. The van der Waals surface area contributed by atoms with Gasteiger partial charge in [0.05, 0.1) is 35.9 Å². The fourth-order valence-corrected chi connectivity index (χ4v) is 6.60. The van der Waals surface area contributed by atoms with Gasteiger partial charge in [0.1, 0.15) is 0 Å². The van der Waals surface area contributed by atoms with Crippen LogP contribution < -0.4 is 10.1 Å². The SMILES string of the molecule is CC[C@@H](C)n1c(SCC(=O)Nc2cc(OC)c([N+](=O)[O-])cc2C)nnc1-c1cccc(S(=O)(=O)N2CCOCC2)c1. The van der Waals surface area contributed by atoms with Crippen LogP contribution in [0.25, 0.3) is 11.4 Å². The van der Waals surface area contributed by atoms with E-state index in [9.17, 15) is 23.3 Å². The Morgan fingerprint density at radius 3 is 2.63 bits per heavy atom. The van der Waals surface area contributed by atoms with E-state index < -0.39 is 14.9 Å². The highest BCUT2D eigenvalue weighted by Gasteiger charge is 2.28. The predicted octanol–water partition coefficient (Wildman–Crippen LogP) is 3.89. The predicted molar refractivity (Wildman–Crippen MR) is 154 cm³/mol. The zero-order chi connectivity index (χ0) is 29.7. The largest absolute Gasteiger partial charge is 0.490 e. The fourth-order valence-electron chi connectivity index (χ4n) is 4.31. The number of carbonyl (C=O) groups is 1. The van der Waals surface area contributed by atoms with Gasteiger partial charge in [-0.25, -0.2) is 8.42 Å². The number of aromatic nitrogens is 3. The maximum atomic E-state index is 13.2. The Kier molecular flexibility index (Phi) is 9.63. The van der Waals surface area contributed by atoms with Gasteiger partial charge in [-0.2, -0.15) is 4.31 Å². The number of methoxy groups -OCH3 is 1. The number of nitrogens with zero attached hydrogens (tertiary/aromatic N) is 5. The molecule has 1 atom stereocenters. The average Bonchev–Trinajstić information content (AvgIpc) is 3.41.